The predicted molar refractivity (Wildman–Crippen MR) is 152 cm³/mol. The van der Waals surface area contributed by atoms with E-state index < -0.39 is 0 Å². The van der Waals surface area contributed by atoms with Crippen LogP contribution in [0.15, 0.2) is 48.5 Å². The summed E-state index contributed by atoms with van der Waals surface area (Å²) in [5.74, 6) is 1.69. The molecule has 0 aliphatic rings. The van der Waals surface area contributed by atoms with Crippen molar-refractivity contribution < 1.29 is 23.8 Å². The molecule has 0 saturated heterocycles. The average Bonchev–Trinajstić information content (AvgIpc) is 3.36. The van der Waals surface area contributed by atoms with Gasteiger partial charge in [0.1, 0.15) is 29.6 Å². The molecule has 0 aliphatic heterocycles. The van der Waals surface area contributed by atoms with E-state index >= 15 is 0 Å². The second-order valence-electron chi connectivity index (χ2n) is 10.4. The molecule has 2 amide bonds. The van der Waals surface area contributed by atoms with Crippen molar-refractivity contribution in [1.82, 2.24) is 14.7 Å². The van der Waals surface area contributed by atoms with Gasteiger partial charge in [0.25, 0.3) is 5.91 Å². The number of benzene rings is 2. The standard InChI is InChI=1S/C30H40N4O5/c1-8-9-10-15-33(29(36)21-16-24(38-6)18-25(17-21)39-7)20-28(35)31-27-19-26(30(2,3)4)32-34(27)22-11-13-23(37-5)14-12-22/h11-14,16-19H,8-10,15,20H2,1-7H3,(H,31,35). The van der Waals surface area contributed by atoms with E-state index in [4.69, 9.17) is 19.3 Å². The Morgan fingerprint density at radius 3 is 2.05 bits per heavy atom. The average molecular weight is 537 g/mol. The fraction of sp³-hybridized carbons (Fsp3) is 0.433. The molecule has 1 aromatic heterocycles. The van der Waals surface area contributed by atoms with Crippen LogP contribution in [0, 0.1) is 0 Å². The third-order valence-corrected chi connectivity index (χ3v) is 6.31. The number of ether oxygens (including phenoxy) is 3. The van der Waals surface area contributed by atoms with Gasteiger partial charge in [-0.25, -0.2) is 4.68 Å². The minimum atomic E-state index is -0.315. The minimum absolute atomic E-state index is 0.110. The molecule has 0 spiro atoms. The molecule has 1 N–H and O–H groups in total. The van der Waals surface area contributed by atoms with Gasteiger partial charge >= 0.3 is 0 Å². The lowest BCUT2D eigenvalue weighted by molar-refractivity contribution is -0.117. The van der Waals surface area contributed by atoms with Gasteiger partial charge in [0.15, 0.2) is 0 Å². The van der Waals surface area contributed by atoms with Crippen LogP contribution in [-0.2, 0) is 10.2 Å². The van der Waals surface area contributed by atoms with Crippen molar-refractivity contribution in [3.05, 3.63) is 59.8 Å². The number of carbonyl (C=O) groups is 2. The highest BCUT2D eigenvalue weighted by Crippen LogP contribution is 2.27. The van der Waals surface area contributed by atoms with Crippen molar-refractivity contribution in [2.75, 3.05) is 39.7 Å². The van der Waals surface area contributed by atoms with Crippen LogP contribution < -0.4 is 19.5 Å². The number of nitrogens with zero attached hydrogens (tertiary/aromatic N) is 3. The van der Waals surface area contributed by atoms with Crippen LogP contribution in [-0.4, -0.2) is 60.9 Å². The number of unbranched alkanes of at least 4 members (excludes halogenated alkanes) is 2. The van der Waals surface area contributed by atoms with E-state index in [0.717, 1.165) is 36.4 Å². The third-order valence-electron chi connectivity index (χ3n) is 6.31. The molecule has 0 unspecified atom stereocenters. The monoisotopic (exact) mass is 536 g/mol. The van der Waals surface area contributed by atoms with E-state index in [-0.39, 0.29) is 23.8 Å². The number of aromatic nitrogens is 2. The first-order valence-corrected chi connectivity index (χ1v) is 13.2. The molecular weight excluding hydrogens is 496 g/mol. The zero-order chi connectivity index (χ0) is 28.6. The summed E-state index contributed by atoms with van der Waals surface area (Å²) in [5, 5.41) is 7.76. The summed E-state index contributed by atoms with van der Waals surface area (Å²) in [6, 6.07) is 14.3. The molecule has 0 fully saturated rings. The zero-order valence-electron chi connectivity index (χ0n) is 24.0. The fourth-order valence-electron chi connectivity index (χ4n) is 4.03. The van der Waals surface area contributed by atoms with Gasteiger partial charge < -0.3 is 24.4 Å². The topological polar surface area (TPSA) is 94.9 Å². The van der Waals surface area contributed by atoms with Crippen LogP contribution in [0.3, 0.4) is 0 Å². The molecule has 210 valence electrons. The Kier molecular flexibility index (Phi) is 9.98. The largest absolute Gasteiger partial charge is 0.497 e. The number of carbonyl (C=O) groups excluding carboxylic acids is 2. The van der Waals surface area contributed by atoms with E-state index in [1.807, 2.05) is 30.3 Å². The normalized spacial score (nSPS) is 11.2. The predicted octanol–water partition coefficient (Wildman–Crippen LogP) is 5.47. The van der Waals surface area contributed by atoms with Gasteiger partial charge in [-0.05, 0) is 42.8 Å². The van der Waals surface area contributed by atoms with E-state index in [2.05, 4.69) is 33.0 Å². The molecule has 0 radical (unpaired) electrons. The van der Waals surface area contributed by atoms with Gasteiger partial charge in [0.2, 0.25) is 5.91 Å². The van der Waals surface area contributed by atoms with E-state index in [0.29, 0.717) is 29.4 Å². The van der Waals surface area contributed by atoms with Crippen LogP contribution in [0.2, 0.25) is 0 Å². The fourth-order valence-corrected chi connectivity index (χ4v) is 4.03. The van der Waals surface area contributed by atoms with Crippen molar-refractivity contribution in [3.8, 4) is 22.9 Å². The highest BCUT2D eigenvalue weighted by Gasteiger charge is 2.24. The smallest absolute Gasteiger partial charge is 0.254 e. The zero-order valence-corrected chi connectivity index (χ0v) is 24.0. The maximum Gasteiger partial charge on any atom is 0.254 e. The van der Waals surface area contributed by atoms with E-state index in [1.54, 1.807) is 34.9 Å². The number of amides is 2. The highest BCUT2D eigenvalue weighted by atomic mass is 16.5. The number of nitrogens with one attached hydrogen (secondary N) is 1. The lowest BCUT2D eigenvalue weighted by Gasteiger charge is -2.23. The van der Waals surface area contributed by atoms with E-state index in [9.17, 15) is 9.59 Å². The summed E-state index contributed by atoms with van der Waals surface area (Å²) in [7, 11) is 4.68. The van der Waals surface area contributed by atoms with Gasteiger partial charge in [-0.15, -0.1) is 0 Å². The molecular formula is C30H40N4O5. The Hall–Kier alpha value is -4.01. The Bertz CT molecular complexity index is 1240. The van der Waals surface area contributed by atoms with Crippen LogP contribution in [0.1, 0.15) is 63.0 Å². The molecule has 9 heteroatoms. The summed E-state index contributed by atoms with van der Waals surface area (Å²) in [6.45, 7) is 8.63. The number of methoxy groups -OCH3 is 3. The minimum Gasteiger partial charge on any atom is -0.497 e. The summed E-state index contributed by atoms with van der Waals surface area (Å²) >= 11 is 0. The molecule has 3 rings (SSSR count). The number of rotatable bonds is 12. The molecule has 0 saturated carbocycles. The van der Waals surface area contributed by atoms with Gasteiger partial charge in [0.05, 0.1) is 32.7 Å². The van der Waals surface area contributed by atoms with Crippen molar-refractivity contribution in [1.29, 1.82) is 0 Å². The third kappa shape index (κ3) is 7.75. The first-order chi connectivity index (χ1) is 18.6. The SMILES string of the molecule is CCCCCN(CC(=O)Nc1cc(C(C)(C)C)nn1-c1ccc(OC)cc1)C(=O)c1cc(OC)cc(OC)c1. The molecule has 3 aromatic rings. The van der Waals surface area contributed by atoms with Gasteiger partial charge in [-0.2, -0.15) is 5.10 Å². The second kappa shape index (κ2) is 13.2. The second-order valence-corrected chi connectivity index (χ2v) is 10.4. The molecule has 2 aromatic carbocycles. The molecule has 0 atom stereocenters. The van der Waals surface area contributed by atoms with E-state index in [1.165, 1.54) is 14.2 Å². The Balaban J connectivity index is 1.88. The van der Waals surface area contributed by atoms with Crippen LogP contribution in [0.5, 0.6) is 17.2 Å². The number of hydrogen-bond acceptors (Lipinski definition) is 6. The molecule has 0 aliphatic carbocycles. The Labute approximate surface area is 231 Å². The summed E-state index contributed by atoms with van der Waals surface area (Å²) < 4.78 is 17.7. The van der Waals surface area contributed by atoms with Crippen LogP contribution >= 0.6 is 0 Å². The first kappa shape index (κ1) is 29.5. The molecule has 9 nitrogen and oxygen atoms in total. The van der Waals surface area contributed by atoms with Crippen molar-refractivity contribution in [2.45, 2.75) is 52.4 Å². The lowest BCUT2D eigenvalue weighted by Crippen LogP contribution is -2.39. The van der Waals surface area contributed by atoms with Crippen LogP contribution in [0.4, 0.5) is 5.82 Å². The van der Waals surface area contributed by atoms with Gasteiger partial charge in [0, 0.05) is 29.7 Å². The van der Waals surface area contributed by atoms with Crippen LogP contribution in [0.25, 0.3) is 5.69 Å². The number of hydrogen-bond donors (Lipinski definition) is 1. The molecule has 1 heterocycles. The Morgan fingerprint density at radius 1 is 0.897 bits per heavy atom. The highest BCUT2D eigenvalue weighted by molar-refractivity contribution is 5.99. The first-order valence-electron chi connectivity index (χ1n) is 13.2. The summed E-state index contributed by atoms with van der Waals surface area (Å²) in [4.78, 5) is 28.5. The maximum atomic E-state index is 13.6. The molecule has 0 bridgehead atoms. The Morgan fingerprint density at radius 2 is 1.51 bits per heavy atom. The maximum absolute atomic E-state index is 13.6. The van der Waals surface area contributed by atoms with Crippen molar-refractivity contribution in [2.24, 2.45) is 0 Å². The quantitative estimate of drug-likeness (QED) is 0.309. The van der Waals surface area contributed by atoms with Gasteiger partial charge in [-0.1, -0.05) is 40.5 Å². The summed E-state index contributed by atoms with van der Waals surface area (Å²) in [6.07, 6.45) is 2.73. The molecule has 39 heavy (non-hydrogen) atoms. The van der Waals surface area contributed by atoms with Crippen molar-refractivity contribution >= 4 is 17.6 Å². The van der Waals surface area contributed by atoms with Gasteiger partial charge in [-0.3, -0.25) is 9.59 Å². The van der Waals surface area contributed by atoms with Crippen molar-refractivity contribution in [3.63, 3.8) is 0 Å². The number of anilines is 1. The lowest BCUT2D eigenvalue weighted by atomic mass is 9.92. The summed E-state index contributed by atoms with van der Waals surface area (Å²) in [5.41, 5.74) is 1.77.